The van der Waals surface area contributed by atoms with Crippen molar-refractivity contribution in [3.05, 3.63) is 29.8 Å². The van der Waals surface area contributed by atoms with Gasteiger partial charge in [-0.05, 0) is 18.1 Å². The number of nitrogens with one attached hydrogen (secondary N) is 1. The monoisotopic (exact) mass is 298 g/mol. The summed E-state index contributed by atoms with van der Waals surface area (Å²) in [5, 5.41) is 2.77. The Balaban J connectivity index is 2.16. The number of aryl methyl sites for hydroxylation is 1. The van der Waals surface area contributed by atoms with Crippen molar-refractivity contribution in [2.75, 3.05) is 38.4 Å². The Morgan fingerprint density at radius 3 is 2.60 bits per heavy atom. The number of para-hydroxylation sites is 1. The Hall–Kier alpha value is -1.36. The van der Waals surface area contributed by atoms with Gasteiger partial charge in [0, 0.05) is 33.0 Å². The van der Waals surface area contributed by atoms with E-state index < -0.39 is 7.60 Å². The van der Waals surface area contributed by atoms with Gasteiger partial charge in [0.05, 0.1) is 6.16 Å². The molecule has 1 heterocycles. The quantitative estimate of drug-likeness (QED) is 0.818. The first-order chi connectivity index (χ1) is 9.59. The van der Waals surface area contributed by atoms with Gasteiger partial charge >= 0.3 is 13.6 Å². The van der Waals surface area contributed by atoms with Crippen molar-refractivity contribution in [3.8, 4) is 0 Å². The van der Waals surface area contributed by atoms with Crippen LogP contribution < -0.4 is 10.2 Å². The van der Waals surface area contributed by atoms with Crippen LogP contribution in [0.3, 0.4) is 0 Å². The zero-order valence-electron chi connectivity index (χ0n) is 11.7. The molecule has 1 N–H and O–H groups in total. The number of hydrogen-bond donors (Lipinski definition) is 1. The van der Waals surface area contributed by atoms with Gasteiger partial charge < -0.3 is 14.4 Å². The van der Waals surface area contributed by atoms with Crippen LogP contribution in [-0.2, 0) is 20.0 Å². The molecule has 20 heavy (non-hydrogen) atoms. The topological polar surface area (TPSA) is 67.9 Å². The average Bonchev–Trinajstić information content (AvgIpc) is 2.91. The van der Waals surface area contributed by atoms with Crippen LogP contribution in [-0.4, -0.2) is 39.5 Å². The molecular formula is C13H19N2O4P. The number of amides is 2. The molecule has 0 aliphatic carbocycles. The van der Waals surface area contributed by atoms with E-state index in [9.17, 15) is 9.36 Å². The molecule has 1 aliphatic heterocycles. The molecule has 0 atom stereocenters. The van der Waals surface area contributed by atoms with Gasteiger partial charge in [0.1, 0.15) is 0 Å². The van der Waals surface area contributed by atoms with Gasteiger partial charge in [-0.1, -0.05) is 18.2 Å². The second-order valence-electron chi connectivity index (χ2n) is 4.46. The Kier molecular flexibility index (Phi) is 4.81. The minimum absolute atomic E-state index is 0.0980. The summed E-state index contributed by atoms with van der Waals surface area (Å²) in [5.74, 6) is 0. The molecular weight excluding hydrogens is 279 g/mol. The summed E-state index contributed by atoms with van der Waals surface area (Å²) in [6.07, 6.45) is 0.811. The molecule has 7 heteroatoms. The van der Waals surface area contributed by atoms with Crippen molar-refractivity contribution in [2.24, 2.45) is 0 Å². The molecule has 0 radical (unpaired) electrons. The number of urea groups is 1. The van der Waals surface area contributed by atoms with Crippen LogP contribution in [0.5, 0.6) is 0 Å². The molecule has 6 nitrogen and oxygen atoms in total. The largest absolute Gasteiger partial charge is 0.336 e. The third kappa shape index (κ3) is 3.20. The maximum Gasteiger partial charge on any atom is 0.330 e. The Bertz CT molecular complexity index is 527. The molecule has 0 aromatic heterocycles. The molecule has 0 spiro atoms. The molecule has 2 rings (SSSR count). The van der Waals surface area contributed by atoms with E-state index in [-0.39, 0.29) is 12.2 Å². The number of rotatable bonds is 6. The highest BCUT2D eigenvalue weighted by Gasteiger charge is 2.25. The van der Waals surface area contributed by atoms with E-state index in [4.69, 9.17) is 9.05 Å². The fourth-order valence-electron chi connectivity index (χ4n) is 2.20. The van der Waals surface area contributed by atoms with E-state index in [0.29, 0.717) is 19.5 Å². The van der Waals surface area contributed by atoms with Crippen LogP contribution >= 0.6 is 7.60 Å². The van der Waals surface area contributed by atoms with Crippen LogP contribution in [0.4, 0.5) is 10.5 Å². The molecule has 0 unspecified atom stereocenters. The minimum atomic E-state index is -3.03. The van der Waals surface area contributed by atoms with Gasteiger partial charge in [0.15, 0.2) is 0 Å². The van der Waals surface area contributed by atoms with Gasteiger partial charge in [0.25, 0.3) is 0 Å². The third-order valence-corrected chi connectivity index (χ3v) is 5.23. The van der Waals surface area contributed by atoms with Crippen molar-refractivity contribution >= 4 is 19.3 Å². The van der Waals surface area contributed by atoms with Crippen molar-refractivity contribution in [1.29, 1.82) is 0 Å². The van der Waals surface area contributed by atoms with E-state index >= 15 is 0 Å². The summed E-state index contributed by atoms with van der Waals surface area (Å²) in [4.78, 5) is 13.4. The van der Waals surface area contributed by atoms with Crippen LogP contribution in [0.1, 0.15) is 5.56 Å². The summed E-state index contributed by atoms with van der Waals surface area (Å²) in [7, 11) is -0.274. The molecule has 1 fully saturated rings. The number of anilines is 1. The number of carbonyl (C=O) groups excluding carboxylic acids is 1. The first-order valence-corrected chi connectivity index (χ1v) is 8.16. The van der Waals surface area contributed by atoms with Gasteiger partial charge in [-0.25, -0.2) is 4.79 Å². The highest BCUT2D eigenvalue weighted by Crippen LogP contribution is 2.47. The number of carbonyl (C=O) groups is 1. The van der Waals surface area contributed by atoms with E-state index in [1.165, 1.54) is 14.2 Å². The molecule has 0 saturated carbocycles. The lowest BCUT2D eigenvalue weighted by atomic mass is 10.1. The highest BCUT2D eigenvalue weighted by atomic mass is 31.2. The maximum absolute atomic E-state index is 12.1. The fourth-order valence-corrected chi connectivity index (χ4v) is 3.23. The molecule has 0 bridgehead atoms. The molecule has 1 aromatic rings. The molecule has 2 amide bonds. The van der Waals surface area contributed by atoms with Gasteiger partial charge in [0.2, 0.25) is 0 Å². The predicted molar refractivity (Wildman–Crippen MR) is 77.4 cm³/mol. The van der Waals surface area contributed by atoms with E-state index in [1.807, 2.05) is 24.3 Å². The van der Waals surface area contributed by atoms with Crippen molar-refractivity contribution < 1.29 is 18.4 Å². The van der Waals surface area contributed by atoms with Crippen molar-refractivity contribution in [2.45, 2.75) is 6.42 Å². The predicted octanol–water partition coefficient (Wildman–Crippen LogP) is 2.24. The molecule has 1 aliphatic rings. The van der Waals surface area contributed by atoms with Crippen LogP contribution in [0.2, 0.25) is 0 Å². The number of benzene rings is 1. The van der Waals surface area contributed by atoms with Crippen LogP contribution in [0, 0.1) is 0 Å². The lowest BCUT2D eigenvalue weighted by Gasteiger charge is -2.19. The standard InChI is InChI=1S/C13H19N2O4P/c1-18-20(17,19-2)10-7-11-5-3-4-6-12(11)15-9-8-14-13(15)16/h3-6H,7-10H2,1-2H3,(H,14,16). The lowest BCUT2D eigenvalue weighted by molar-refractivity contribution is 0.252. The maximum atomic E-state index is 12.1. The van der Waals surface area contributed by atoms with E-state index in [2.05, 4.69) is 5.32 Å². The van der Waals surface area contributed by atoms with Gasteiger partial charge in [-0.2, -0.15) is 0 Å². The van der Waals surface area contributed by atoms with E-state index in [1.54, 1.807) is 4.90 Å². The Labute approximate surface area is 118 Å². The SMILES string of the molecule is COP(=O)(CCc1ccccc1N1CCNC1=O)OC. The van der Waals surface area contributed by atoms with Crippen LogP contribution in [0.25, 0.3) is 0 Å². The second kappa shape index (κ2) is 6.39. The number of nitrogens with zero attached hydrogens (tertiary/aromatic N) is 1. The van der Waals surface area contributed by atoms with Gasteiger partial charge in [-0.3, -0.25) is 9.46 Å². The zero-order chi connectivity index (χ0) is 14.6. The minimum Gasteiger partial charge on any atom is -0.336 e. The zero-order valence-corrected chi connectivity index (χ0v) is 12.6. The Morgan fingerprint density at radius 2 is 2.00 bits per heavy atom. The second-order valence-corrected chi connectivity index (χ2v) is 6.86. The van der Waals surface area contributed by atoms with Crippen molar-refractivity contribution in [3.63, 3.8) is 0 Å². The summed E-state index contributed by atoms with van der Waals surface area (Å²) in [5.41, 5.74) is 1.81. The van der Waals surface area contributed by atoms with E-state index in [0.717, 1.165) is 11.3 Å². The summed E-state index contributed by atoms with van der Waals surface area (Å²) in [6.45, 7) is 1.28. The normalized spacial score (nSPS) is 15.5. The first kappa shape index (κ1) is 15.0. The van der Waals surface area contributed by atoms with Crippen molar-refractivity contribution in [1.82, 2.24) is 5.32 Å². The molecule has 1 aromatic carbocycles. The number of hydrogen-bond acceptors (Lipinski definition) is 4. The average molecular weight is 298 g/mol. The summed E-state index contributed by atoms with van der Waals surface area (Å²) in [6, 6.07) is 7.51. The Morgan fingerprint density at radius 1 is 1.30 bits per heavy atom. The summed E-state index contributed by atoms with van der Waals surface area (Å²) >= 11 is 0. The third-order valence-electron chi connectivity index (χ3n) is 3.35. The fraction of sp³-hybridized carbons (Fsp3) is 0.462. The lowest BCUT2D eigenvalue weighted by Crippen LogP contribution is -2.28. The smallest absolute Gasteiger partial charge is 0.330 e. The first-order valence-electron chi connectivity index (χ1n) is 6.43. The summed E-state index contributed by atoms with van der Waals surface area (Å²) < 4.78 is 22.0. The van der Waals surface area contributed by atoms with Gasteiger partial charge in [-0.15, -0.1) is 0 Å². The van der Waals surface area contributed by atoms with Crippen LogP contribution in [0.15, 0.2) is 24.3 Å². The molecule has 110 valence electrons. The highest BCUT2D eigenvalue weighted by molar-refractivity contribution is 7.53. The molecule has 1 saturated heterocycles.